The zero-order valence-corrected chi connectivity index (χ0v) is 23.3. The summed E-state index contributed by atoms with van der Waals surface area (Å²) in [6, 6.07) is 8.53. The van der Waals surface area contributed by atoms with Gasteiger partial charge in [-0.05, 0) is 59.1 Å². The lowest BCUT2D eigenvalue weighted by Crippen LogP contribution is -2.41. The van der Waals surface area contributed by atoms with E-state index < -0.39 is 10.0 Å². The molecule has 0 aromatic heterocycles. The average Bonchev–Trinajstić information content (AvgIpc) is 2.63. The molecule has 0 aliphatic heterocycles. The number of hydrogen-bond donors (Lipinski definition) is 3. The summed E-state index contributed by atoms with van der Waals surface area (Å²) in [5, 5.41) is 6.64. The van der Waals surface area contributed by atoms with E-state index >= 15 is 0 Å². The van der Waals surface area contributed by atoms with Crippen molar-refractivity contribution in [2.45, 2.75) is 78.4 Å². The SMILES string of the molecule is CN=C(NCCCN(C(C)C)C(C)C)NCc1ccccc1CS(=O)(=O)NC(C)C.I. The van der Waals surface area contributed by atoms with E-state index in [1.807, 2.05) is 38.1 Å². The summed E-state index contributed by atoms with van der Waals surface area (Å²) in [5.41, 5.74) is 1.73. The first-order valence-electron chi connectivity index (χ1n) is 10.8. The molecule has 7 nitrogen and oxygen atoms in total. The Morgan fingerprint density at radius 2 is 1.58 bits per heavy atom. The van der Waals surface area contributed by atoms with Crippen LogP contribution in [0.15, 0.2) is 29.3 Å². The van der Waals surface area contributed by atoms with Gasteiger partial charge < -0.3 is 10.6 Å². The Morgan fingerprint density at radius 3 is 2.10 bits per heavy atom. The van der Waals surface area contributed by atoms with Crippen LogP contribution in [-0.2, 0) is 22.3 Å². The van der Waals surface area contributed by atoms with E-state index in [4.69, 9.17) is 0 Å². The van der Waals surface area contributed by atoms with Gasteiger partial charge >= 0.3 is 0 Å². The van der Waals surface area contributed by atoms with Crippen molar-refractivity contribution in [3.8, 4) is 0 Å². The van der Waals surface area contributed by atoms with Gasteiger partial charge in [0.15, 0.2) is 5.96 Å². The van der Waals surface area contributed by atoms with Crippen molar-refractivity contribution in [3.63, 3.8) is 0 Å². The van der Waals surface area contributed by atoms with Gasteiger partial charge in [-0.1, -0.05) is 24.3 Å². The van der Waals surface area contributed by atoms with Crippen LogP contribution in [-0.4, -0.2) is 57.5 Å². The van der Waals surface area contributed by atoms with Gasteiger partial charge in [0.1, 0.15) is 0 Å². The summed E-state index contributed by atoms with van der Waals surface area (Å²) in [6.45, 7) is 14.9. The summed E-state index contributed by atoms with van der Waals surface area (Å²) in [6.07, 6.45) is 1.02. The van der Waals surface area contributed by atoms with Gasteiger partial charge in [0, 0.05) is 44.8 Å². The fourth-order valence-corrected chi connectivity index (χ4v) is 4.95. The van der Waals surface area contributed by atoms with E-state index in [2.05, 4.69) is 52.9 Å². The number of nitrogens with zero attached hydrogens (tertiary/aromatic N) is 2. The molecule has 9 heteroatoms. The van der Waals surface area contributed by atoms with Crippen LogP contribution in [0, 0.1) is 0 Å². The Morgan fingerprint density at radius 1 is 1.00 bits per heavy atom. The lowest BCUT2D eigenvalue weighted by atomic mass is 10.1. The van der Waals surface area contributed by atoms with Gasteiger partial charge in [0.05, 0.1) is 5.75 Å². The minimum atomic E-state index is -3.37. The smallest absolute Gasteiger partial charge is 0.216 e. The Balaban J connectivity index is 0.00000900. The largest absolute Gasteiger partial charge is 0.356 e. The number of benzene rings is 1. The number of guanidine groups is 1. The molecular formula is C22H42IN5O2S. The van der Waals surface area contributed by atoms with Crippen molar-refractivity contribution >= 4 is 40.0 Å². The third-order valence-corrected chi connectivity index (χ3v) is 6.28. The summed E-state index contributed by atoms with van der Waals surface area (Å²) in [4.78, 5) is 6.76. The molecule has 3 N–H and O–H groups in total. The first-order chi connectivity index (χ1) is 14.1. The second kappa shape index (κ2) is 15.0. The van der Waals surface area contributed by atoms with Gasteiger partial charge in [0.25, 0.3) is 0 Å². The van der Waals surface area contributed by atoms with Gasteiger partial charge in [-0.25, -0.2) is 13.1 Å². The molecule has 1 aromatic rings. The first kappa shape index (κ1) is 30.1. The van der Waals surface area contributed by atoms with E-state index in [1.54, 1.807) is 7.05 Å². The molecule has 0 amide bonds. The van der Waals surface area contributed by atoms with Gasteiger partial charge in [-0.3, -0.25) is 9.89 Å². The zero-order chi connectivity index (χ0) is 22.7. The lowest BCUT2D eigenvalue weighted by Gasteiger charge is -2.30. The fraction of sp³-hybridized carbons (Fsp3) is 0.682. The van der Waals surface area contributed by atoms with Crippen molar-refractivity contribution in [2.75, 3.05) is 20.1 Å². The highest BCUT2D eigenvalue weighted by atomic mass is 127. The van der Waals surface area contributed by atoms with E-state index in [1.165, 1.54) is 0 Å². The Hall–Kier alpha value is -0.910. The molecular weight excluding hydrogens is 525 g/mol. The monoisotopic (exact) mass is 567 g/mol. The van der Waals surface area contributed by atoms with Crippen LogP contribution in [0.5, 0.6) is 0 Å². The minimum Gasteiger partial charge on any atom is -0.356 e. The summed E-state index contributed by atoms with van der Waals surface area (Å²) in [5.74, 6) is 0.684. The van der Waals surface area contributed by atoms with Crippen LogP contribution in [0.3, 0.4) is 0 Å². The maximum atomic E-state index is 12.3. The number of aliphatic imine (C=N–C) groups is 1. The molecule has 31 heavy (non-hydrogen) atoms. The normalized spacial score (nSPS) is 12.5. The quantitative estimate of drug-likeness (QED) is 0.156. The highest BCUT2D eigenvalue weighted by Crippen LogP contribution is 2.12. The molecule has 1 aromatic carbocycles. The van der Waals surface area contributed by atoms with E-state index in [-0.39, 0.29) is 35.8 Å². The van der Waals surface area contributed by atoms with E-state index in [0.29, 0.717) is 24.6 Å². The van der Waals surface area contributed by atoms with Crippen molar-refractivity contribution in [3.05, 3.63) is 35.4 Å². The Kier molecular flexibility index (Phi) is 14.6. The summed E-state index contributed by atoms with van der Waals surface area (Å²) in [7, 11) is -1.63. The zero-order valence-electron chi connectivity index (χ0n) is 20.1. The van der Waals surface area contributed by atoms with Crippen molar-refractivity contribution in [2.24, 2.45) is 4.99 Å². The van der Waals surface area contributed by atoms with Crippen LogP contribution < -0.4 is 15.4 Å². The van der Waals surface area contributed by atoms with E-state index in [0.717, 1.165) is 30.6 Å². The van der Waals surface area contributed by atoms with Crippen molar-refractivity contribution < 1.29 is 8.42 Å². The molecule has 0 bridgehead atoms. The molecule has 0 spiro atoms. The number of halogens is 1. The van der Waals surface area contributed by atoms with Crippen molar-refractivity contribution in [1.29, 1.82) is 0 Å². The maximum Gasteiger partial charge on any atom is 0.216 e. The summed E-state index contributed by atoms with van der Waals surface area (Å²) >= 11 is 0. The average molecular weight is 568 g/mol. The van der Waals surface area contributed by atoms with E-state index in [9.17, 15) is 8.42 Å². The molecule has 0 radical (unpaired) electrons. The fourth-order valence-electron chi connectivity index (χ4n) is 3.46. The molecule has 0 aliphatic rings. The second-order valence-electron chi connectivity index (χ2n) is 8.43. The Labute approximate surface area is 206 Å². The van der Waals surface area contributed by atoms with Crippen molar-refractivity contribution in [1.82, 2.24) is 20.3 Å². The van der Waals surface area contributed by atoms with Gasteiger partial charge in [0.2, 0.25) is 10.0 Å². The van der Waals surface area contributed by atoms with Crippen LogP contribution in [0.1, 0.15) is 59.1 Å². The minimum absolute atomic E-state index is 0. The molecule has 1 rings (SSSR count). The number of hydrogen-bond acceptors (Lipinski definition) is 4. The molecule has 0 heterocycles. The molecule has 0 saturated carbocycles. The Bertz CT molecular complexity index is 759. The predicted molar refractivity (Wildman–Crippen MR) is 143 cm³/mol. The summed E-state index contributed by atoms with van der Waals surface area (Å²) < 4.78 is 27.3. The van der Waals surface area contributed by atoms with Crippen LogP contribution in [0.2, 0.25) is 0 Å². The molecule has 0 unspecified atom stereocenters. The third-order valence-electron chi connectivity index (χ3n) is 4.76. The third kappa shape index (κ3) is 12.1. The number of rotatable bonds is 12. The van der Waals surface area contributed by atoms with Gasteiger partial charge in [-0.15, -0.1) is 24.0 Å². The number of nitrogens with one attached hydrogen (secondary N) is 3. The van der Waals surface area contributed by atoms with Gasteiger partial charge in [-0.2, -0.15) is 0 Å². The molecule has 0 atom stereocenters. The van der Waals surface area contributed by atoms with Crippen LogP contribution in [0.25, 0.3) is 0 Å². The first-order valence-corrected chi connectivity index (χ1v) is 12.5. The molecule has 180 valence electrons. The topological polar surface area (TPSA) is 85.8 Å². The highest BCUT2D eigenvalue weighted by Gasteiger charge is 2.15. The standard InChI is InChI=1S/C22H41N5O2S.HI/c1-17(2)26-30(28,29)16-21-12-9-8-11-20(21)15-25-22(23-7)24-13-10-14-27(18(3)4)19(5)6;/h8-9,11-12,17-19,26H,10,13-16H2,1-7H3,(H2,23,24,25);1H. The lowest BCUT2D eigenvalue weighted by molar-refractivity contribution is 0.173. The molecule has 0 fully saturated rings. The molecule has 0 aliphatic carbocycles. The number of sulfonamides is 1. The highest BCUT2D eigenvalue weighted by molar-refractivity contribution is 14.0. The maximum absolute atomic E-state index is 12.3. The predicted octanol–water partition coefficient (Wildman–Crippen LogP) is 3.31. The second-order valence-corrected chi connectivity index (χ2v) is 10.2. The van der Waals surface area contributed by atoms with Crippen LogP contribution >= 0.6 is 24.0 Å². The molecule has 0 saturated heterocycles. The van der Waals surface area contributed by atoms with Crippen LogP contribution in [0.4, 0.5) is 0 Å².